The van der Waals surface area contributed by atoms with Crippen LogP contribution in [0, 0.1) is 11.6 Å². The molecule has 0 heterocycles. The van der Waals surface area contributed by atoms with Gasteiger partial charge in [-0.2, -0.15) is 0 Å². The van der Waals surface area contributed by atoms with E-state index < -0.39 is 11.6 Å². The fraction of sp³-hybridized carbons (Fsp3) is 0.357. The SMILES string of the molecule is CN(C)/C=C1\C(=O)CCC1c1ccc(F)c(F)c1. The first kappa shape index (κ1) is 12.7. The number of benzene rings is 1. The number of carbonyl (C=O) groups is 1. The van der Waals surface area contributed by atoms with E-state index in [4.69, 9.17) is 0 Å². The fourth-order valence-corrected chi connectivity index (χ4v) is 2.29. The lowest BCUT2D eigenvalue weighted by molar-refractivity contribution is -0.114. The number of nitrogens with zero attached hydrogens (tertiary/aromatic N) is 1. The number of ketones is 1. The molecule has 4 heteroatoms. The van der Waals surface area contributed by atoms with Crippen LogP contribution >= 0.6 is 0 Å². The molecule has 0 radical (unpaired) electrons. The van der Waals surface area contributed by atoms with Crippen LogP contribution in [0.15, 0.2) is 30.0 Å². The Hall–Kier alpha value is -1.71. The van der Waals surface area contributed by atoms with Crippen molar-refractivity contribution in [3.63, 3.8) is 0 Å². The van der Waals surface area contributed by atoms with Gasteiger partial charge in [0.2, 0.25) is 0 Å². The molecule has 0 spiro atoms. The molecule has 1 atom stereocenters. The molecule has 0 aromatic heterocycles. The van der Waals surface area contributed by atoms with E-state index in [1.807, 2.05) is 14.1 Å². The van der Waals surface area contributed by atoms with E-state index in [0.717, 1.165) is 6.07 Å². The van der Waals surface area contributed by atoms with Crippen LogP contribution in [0.25, 0.3) is 0 Å². The number of rotatable bonds is 2. The lowest BCUT2D eigenvalue weighted by Gasteiger charge is -2.14. The first-order valence-corrected chi connectivity index (χ1v) is 5.85. The van der Waals surface area contributed by atoms with E-state index in [-0.39, 0.29) is 11.7 Å². The van der Waals surface area contributed by atoms with Crippen molar-refractivity contribution in [1.29, 1.82) is 0 Å². The predicted molar refractivity (Wildman–Crippen MR) is 65.1 cm³/mol. The summed E-state index contributed by atoms with van der Waals surface area (Å²) >= 11 is 0. The second-order valence-corrected chi connectivity index (χ2v) is 4.74. The summed E-state index contributed by atoms with van der Waals surface area (Å²) in [5.41, 5.74) is 1.33. The van der Waals surface area contributed by atoms with Gasteiger partial charge in [-0.25, -0.2) is 8.78 Å². The number of hydrogen-bond donors (Lipinski definition) is 0. The van der Waals surface area contributed by atoms with Gasteiger partial charge >= 0.3 is 0 Å². The van der Waals surface area contributed by atoms with Crippen LogP contribution in [0.1, 0.15) is 24.3 Å². The Kier molecular flexibility index (Phi) is 3.45. The highest BCUT2D eigenvalue weighted by Crippen LogP contribution is 2.37. The number of allylic oxidation sites excluding steroid dienone is 1. The molecule has 18 heavy (non-hydrogen) atoms. The molecule has 0 N–H and O–H groups in total. The van der Waals surface area contributed by atoms with Crippen molar-refractivity contribution in [3.8, 4) is 0 Å². The molecule has 1 aliphatic rings. The normalized spacial score (nSPS) is 21.7. The zero-order chi connectivity index (χ0) is 13.3. The maximum absolute atomic E-state index is 13.2. The van der Waals surface area contributed by atoms with Crippen molar-refractivity contribution in [3.05, 3.63) is 47.2 Å². The zero-order valence-electron chi connectivity index (χ0n) is 10.4. The Balaban J connectivity index is 2.37. The van der Waals surface area contributed by atoms with E-state index in [2.05, 4.69) is 0 Å². The van der Waals surface area contributed by atoms with Crippen LogP contribution in [-0.2, 0) is 4.79 Å². The van der Waals surface area contributed by atoms with Crippen molar-refractivity contribution in [2.75, 3.05) is 14.1 Å². The second-order valence-electron chi connectivity index (χ2n) is 4.74. The van der Waals surface area contributed by atoms with Gasteiger partial charge in [-0.1, -0.05) is 6.07 Å². The van der Waals surface area contributed by atoms with Crippen LogP contribution < -0.4 is 0 Å². The van der Waals surface area contributed by atoms with Crippen LogP contribution in [0.5, 0.6) is 0 Å². The standard InChI is InChI=1S/C14H15F2NO/c1-17(2)8-11-10(4-6-14(11)18)9-3-5-12(15)13(16)7-9/h3,5,7-8,10H,4,6H2,1-2H3/b11-8-. The summed E-state index contributed by atoms with van der Waals surface area (Å²) in [6.45, 7) is 0. The zero-order valence-corrected chi connectivity index (χ0v) is 10.4. The molecule has 1 aromatic rings. The summed E-state index contributed by atoms with van der Waals surface area (Å²) in [5.74, 6) is -1.77. The topological polar surface area (TPSA) is 20.3 Å². The third-order valence-corrected chi connectivity index (χ3v) is 3.10. The molecule has 2 nitrogen and oxygen atoms in total. The molecular weight excluding hydrogens is 236 g/mol. The third-order valence-electron chi connectivity index (χ3n) is 3.10. The van der Waals surface area contributed by atoms with E-state index in [0.29, 0.717) is 24.0 Å². The maximum atomic E-state index is 13.2. The van der Waals surface area contributed by atoms with Crippen molar-refractivity contribution in [1.82, 2.24) is 4.90 Å². The van der Waals surface area contributed by atoms with Gasteiger partial charge in [0.1, 0.15) is 0 Å². The summed E-state index contributed by atoms with van der Waals surface area (Å²) in [6.07, 6.45) is 2.88. The minimum Gasteiger partial charge on any atom is -0.383 e. The second kappa shape index (κ2) is 4.88. The summed E-state index contributed by atoms with van der Waals surface area (Å²) in [4.78, 5) is 13.6. The van der Waals surface area contributed by atoms with Crippen molar-refractivity contribution < 1.29 is 13.6 Å². The molecule has 96 valence electrons. The van der Waals surface area contributed by atoms with Crippen molar-refractivity contribution in [2.24, 2.45) is 0 Å². The number of hydrogen-bond acceptors (Lipinski definition) is 2. The molecule has 1 fully saturated rings. The van der Waals surface area contributed by atoms with Crippen molar-refractivity contribution >= 4 is 5.78 Å². The fourth-order valence-electron chi connectivity index (χ4n) is 2.29. The van der Waals surface area contributed by atoms with Gasteiger partial charge in [-0.15, -0.1) is 0 Å². The molecule has 0 amide bonds. The Bertz CT molecular complexity index is 509. The van der Waals surface area contributed by atoms with Crippen LogP contribution in [-0.4, -0.2) is 24.8 Å². The maximum Gasteiger partial charge on any atom is 0.160 e. The predicted octanol–water partition coefficient (Wildman–Crippen LogP) is 2.86. The largest absolute Gasteiger partial charge is 0.383 e. The molecule has 0 bridgehead atoms. The Morgan fingerprint density at radius 1 is 1.28 bits per heavy atom. The summed E-state index contributed by atoms with van der Waals surface area (Å²) in [5, 5.41) is 0. The van der Waals surface area contributed by atoms with Gasteiger partial charge in [0.05, 0.1) is 0 Å². The van der Waals surface area contributed by atoms with Gasteiger partial charge < -0.3 is 4.90 Å². The van der Waals surface area contributed by atoms with Crippen molar-refractivity contribution in [2.45, 2.75) is 18.8 Å². The van der Waals surface area contributed by atoms with Gasteiger partial charge in [-0.3, -0.25) is 4.79 Å². The van der Waals surface area contributed by atoms with Crippen LogP contribution in [0.3, 0.4) is 0 Å². The smallest absolute Gasteiger partial charge is 0.160 e. The lowest BCUT2D eigenvalue weighted by Crippen LogP contribution is -2.09. The number of halogens is 2. The quantitative estimate of drug-likeness (QED) is 0.753. The van der Waals surface area contributed by atoms with E-state index in [9.17, 15) is 13.6 Å². The summed E-state index contributed by atoms with van der Waals surface area (Å²) in [6, 6.07) is 3.84. The average molecular weight is 251 g/mol. The number of Topliss-reactive ketones (excluding diaryl/α,β-unsaturated/α-hetero) is 1. The van der Waals surface area contributed by atoms with Gasteiger partial charge in [0, 0.05) is 38.2 Å². The first-order chi connectivity index (χ1) is 8.49. The summed E-state index contributed by atoms with van der Waals surface area (Å²) in [7, 11) is 3.67. The molecule has 2 rings (SSSR count). The Morgan fingerprint density at radius 3 is 2.61 bits per heavy atom. The Morgan fingerprint density at radius 2 is 2.00 bits per heavy atom. The molecular formula is C14H15F2NO. The molecule has 1 aromatic carbocycles. The van der Waals surface area contributed by atoms with E-state index >= 15 is 0 Å². The highest BCUT2D eigenvalue weighted by molar-refractivity contribution is 5.99. The molecule has 1 aliphatic carbocycles. The van der Waals surface area contributed by atoms with E-state index in [1.165, 1.54) is 6.07 Å². The van der Waals surface area contributed by atoms with Gasteiger partial charge in [0.25, 0.3) is 0 Å². The van der Waals surface area contributed by atoms with Gasteiger partial charge in [-0.05, 0) is 24.1 Å². The van der Waals surface area contributed by atoms with E-state index in [1.54, 1.807) is 17.2 Å². The number of carbonyl (C=O) groups excluding carboxylic acids is 1. The van der Waals surface area contributed by atoms with Crippen LogP contribution in [0.2, 0.25) is 0 Å². The third kappa shape index (κ3) is 2.42. The minimum atomic E-state index is -0.865. The molecule has 0 saturated heterocycles. The van der Waals surface area contributed by atoms with Crippen LogP contribution in [0.4, 0.5) is 8.78 Å². The highest BCUT2D eigenvalue weighted by atomic mass is 19.2. The summed E-state index contributed by atoms with van der Waals surface area (Å²) < 4.78 is 26.1. The monoisotopic (exact) mass is 251 g/mol. The highest BCUT2D eigenvalue weighted by Gasteiger charge is 2.30. The first-order valence-electron chi connectivity index (χ1n) is 5.85. The van der Waals surface area contributed by atoms with Gasteiger partial charge in [0.15, 0.2) is 17.4 Å². The molecule has 1 unspecified atom stereocenters. The average Bonchev–Trinajstić information content (AvgIpc) is 2.64. The Labute approximate surface area is 105 Å². The molecule has 0 aliphatic heterocycles. The lowest BCUT2D eigenvalue weighted by atomic mass is 9.94. The minimum absolute atomic E-state index is 0.0819. The molecule has 1 saturated carbocycles.